The number of amides is 2. The quantitative estimate of drug-likeness (QED) is 0.864. The van der Waals surface area contributed by atoms with Crippen molar-refractivity contribution in [3.05, 3.63) is 21.9 Å². The number of thiophene rings is 1. The van der Waals surface area contributed by atoms with Gasteiger partial charge in [0.15, 0.2) is 6.04 Å². The van der Waals surface area contributed by atoms with E-state index in [2.05, 4.69) is 0 Å². The molecular weight excluding hydrogens is 292 g/mol. The molecule has 21 heavy (non-hydrogen) atoms. The Morgan fingerprint density at radius 1 is 1.48 bits per heavy atom. The first kappa shape index (κ1) is 15.8. The van der Waals surface area contributed by atoms with Gasteiger partial charge in [-0.05, 0) is 29.9 Å². The lowest BCUT2D eigenvalue weighted by Crippen LogP contribution is -2.50. The first-order chi connectivity index (χ1) is 10.1. The summed E-state index contributed by atoms with van der Waals surface area (Å²) in [6.07, 6.45) is 1.45. The Bertz CT molecular complexity index is 511. The third-order valence-corrected chi connectivity index (χ3v) is 4.58. The number of hydrogen-bond acceptors (Lipinski definition) is 4. The van der Waals surface area contributed by atoms with Crippen LogP contribution in [0.25, 0.3) is 0 Å². The summed E-state index contributed by atoms with van der Waals surface area (Å²) in [7, 11) is 0. The fourth-order valence-electron chi connectivity index (χ4n) is 2.66. The summed E-state index contributed by atoms with van der Waals surface area (Å²) in [5.41, 5.74) is 0.715. The molecule has 2 rings (SSSR count). The van der Waals surface area contributed by atoms with E-state index in [0.29, 0.717) is 25.1 Å². The standard InChI is InChI=1S/C14H20N2O4S/c1-2-5-15(7-8-17)14(20)16-6-3-11-10(4-9-21-11)12(16)13(18)19/h4,9,12,17H,2-3,5-8H2,1H3,(H,18,19). The van der Waals surface area contributed by atoms with Crippen LogP contribution >= 0.6 is 11.3 Å². The van der Waals surface area contributed by atoms with E-state index in [4.69, 9.17) is 5.11 Å². The Hall–Kier alpha value is -1.60. The molecule has 1 aromatic heterocycles. The van der Waals surface area contributed by atoms with Crippen LogP contribution in [0.5, 0.6) is 0 Å². The molecule has 2 heterocycles. The number of aliphatic hydroxyl groups is 1. The number of hydrogen-bond donors (Lipinski definition) is 2. The molecule has 1 unspecified atom stereocenters. The third-order valence-electron chi connectivity index (χ3n) is 3.58. The Kier molecular flexibility index (Phi) is 5.19. The van der Waals surface area contributed by atoms with Crippen LogP contribution in [0.3, 0.4) is 0 Å². The highest BCUT2D eigenvalue weighted by Crippen LogP contribution is 2.34. The summed E-state index contributed by atoms with van der Waals surface area (Å²) < 4.78 is 0. The van der Waals surface area contributed by atoms with Gasteiger partial charge in [0.1, 0.15) is 0 Å². The predicted molar refractivity (Wildman–Crippen MR) is 79.5 cm³/mol. The molecule has 0 bridgehead atoms. The molecule has 7 heteroatoms. The number of carbonyl (C=O) groups excluding carboxylic acids is 1. The number of rotatable bonds is 5. The molecule has 2 N–H and O–H groups in total. The van der Waals surface area contributed by atoms with Crippen LogP contribution < -0.4 is 0 Å². The summed E-state index contributed by atoms with van der Waals surface area (Å²) in [6, 6.07) is 0.551. The molecule has 116 valence electrons. The van der Waals surface area contributed by atoms with Crippen molar-refractivity contribution in [1.82, 2.24) is 9.80 Å². The normalized spacial score (nSPS) is 17.4. The molecular formula is C14H20N2O4S. The van der Waals surface area contributed by atoms with Gasteiger partial charge in [-0.1, -0.05) is 6.92 Å². The number of urea groups is 1. The number of carboxylic acid groups (broad SMARTS) is 1. The zero-order valence-corrected chi connectivity index (χ0v) is 12.8. The maximum absolute atomic E-state index is 12.6. The first-order valence-electron chi connectivity index (χ1n) is 7.05. The van der Waals surface area contributed by atoms with Gasteiger partial charge in [0, 0.05) is 24.5 Å². The van der Waals surface area contributed by atoms with E-state index in [1.807, 2.05) is 12.3 Å². The molecule has 1 aliphatic heterocycles. The van der Waals surface area contributed by atoms with Crippen LogP contribution in [-0.4, -0.2) is 58.3 Å². The zero-order chi connectivity index (χ0) is 15.4. The van der Waals surface area contributed by atoms with Crippen molar-refractivity contribution in [2.24, 2.45) is 0 Å². The van der Waals surface area contributed by atoms with Gasteiger partial charge in [0.2, 0.25) is 0 Å². The molecule has 2 amide bonds. The summed E-state index contributed by atoms with van der Waals surface area (Å²) in [5, 5.41) is 20.5. The average Bonchev–Trinajstić information content (AvgIpc) is 2.93. The number of fused-ring (bicyclic) bond motifs is 1. The van der Waals surface area contributed by atoms with Crippen molar-refractivity contribution in [3.8, 4) is 0 Å². The van der Waals surface area contributed by atoms with Gasteiger partial charge in [0.25, 0.3) is 0 Å². The smallest absolute Gasteiger partial charge is 0.331 e. The number of carboxylic acids is 1. The van der Waals surface area contributed by atoms with Gasteiger partial charge in [-0.25, -0.2) is 9.59 Å². The minimum atomic E-state index is -1.01. The Labute approximate surface area is 127 Å². The van der Waals surface area contributed by atoms with Gasteiger partial charge in [-0.15, -0.1) is 11.3 Å². The van der Waals surface area contributed by atoms with E-state index in [0.717, 1.165) is 11.3 Å². The SMILES string of the molecule is CCCN(CCO)C(=O)N1CCc2sccc2C1C(=O)O. The van der Waals surface area contributed by atoms with Crippen LogP contribution in [0.1, 0.15) is 29.8 Å². The summed E-state index contributed by atoms with van der Waals surface area (Å²) in [5.74, 6) is -1.01. The molecule has 0 fully saturated rings. The first-order valence-corrected chi connectivity index (χ1v) is 7.93. The number of aliphatic hydroxyl groups excluding tert-OH is 1. The molecule has 0 saturated carbocycles. The van der Waals surface area contributed by atoms with Crippen LogP contribution in [-0.2, 0) is 11.2 Å². The fourth-order valence-corrected chi connectivity index (χ4v) is 3.57. The highest BCUT2D eigenvalue weighted by molar-refractivity contribution is 7.10. The number of carbonyl (C=O) groups is 2. The Morgan fingerprint density at radius 3 is 2.86 bits per heavy atom. The molecule has 1 aliphatic rings. The minimum absolute atomic E-state index is 0.124. The molecule has 0 radical (unpaired) electrons. The van der Waals surface area contributed by atoms with Crippen molar-refractivity contribution in [3.63, 3.8) is 0 Å². The minimum Gasteiger partial charge on any atom is -0.479 e. The van der Waals surface area contributed by atoms with Gasteiger partial charge in [0.05, 0.1) is 6.61 Å². The number of aliphatic carboxylic acids is 1. The highest BCUT2D eigenvalue weighted by atomic mass is 32.1. The number of nitrogens with zero attached hydrogens (tertiary/aromatic N) is 2. The van der Waals surface area contributed by atoms with E-state index < -0.39 is 12.0 Å². The van der Waals surface area contributed by atoms with Crippen molar-refractivity contribution in [2.45, 2.75) is 25.8 Å². The fraction of sp³-hybridized carbons (Fsp3) is 0.571. The topological polar surface area (TPSA) is 81.1 Å². The maximum Gasteiger partial charge on any atom is 0.331 e. The van der Waals surface area contributed by atoms with Gasteiger partial charge in [-0.2, -0.15) is 0 Å². The van der Waals surface area contributed by atoms with Gasteiger partial charge < -0.3 is 20.0 Å². The molecule has 6 nitrogen and oxygen atoms in total. The second-order valence-electron chi connectivity index (χ2n) is 4.98. The van der Waals surface area contributed by atoms with Crippen molar-refractivity contribution < 1.29 is 19.8 Å². The van der Waals surface area contributed by atoms with E-state index in [1.165, 1.54) is 21.1 Å². The predicted octanol–water partition coefficient (Wildman–Crippen LogP) is 1.56. The van der Waals surface area contributed by atoms with Crippen molar-refractivity contribution >= 4 is 23.3 Å². The van der Waals surface area contributed by atoms with Crippen LogP contribution in [0.15, 0.2) is 11.4 Å². The second-order valence-corrected chi connectivity index (χ2v) is 5.98. The second kappa shape index (κ2) is 6.91. The van der Waals surface area contributed by atoms with Gasteiger partial charge >= 0.3 is 12.0 Å². The summed E-state index contributed by atoms with van der Waals surface area (Å²) in [6.45, 7) is 2.96. The third kappa shape index (κ3) is 3.19. The largest absolute Gasteiger partial charge is 0.479 e. The average molecular weight is 312 g/mol. The molecule has 0 saturated heterocycles. The monoisotopic (exact) mass is 312 g/mol. The van der Waals surface area contributed by atoms with E-state index in [9.17, 15) is 14.7 Å². The molecule has 1 atom stereocenters. The van der Waals surface area contributed by atoms with Gasteiger partial charge in [-0.3, -0.25) is 0 Å². The lowest BCUT2D eigenvalue weighted by molar-refractivity contribution is -0.143. The molecule has 0 aromatic carbocycles. The molecule has 0 aliphatic carbocycles. The van der Waals surface area contributed by atoms with E-state index in [-0.39, 0.29) is 19.2 Å². The Balaban J connectivity index is 2.25. The summed E-state index contributed by atoms with van der Waals surface area (Å²) in [4.78, 5) is 28.2. The lowest BCUT2D eigenvalue weighted by Gasteiger charge is -2.36. The van der Waals surface area contributed by atoms with Crippen molar-refractivity contribution in [2.75, 3.05) is 26.2 Å². The molecule has 0 spiro atoms. The van der Waals surface area contributed by atoms with Crippen LogP contribution in [0.4, 0.5) is 4.79 Å². The van der Waals surface area contributed by atoms with Crippen molar-refractivity contribution in [1.29, 1.82) is 0 Å². The lowest BCUT2D eigenvalue weighted by atomic mass is 10.0. The summed E-state index contributed by atoms with van der Waals surface area (Å²) >= 11 is 1.53. The van der Waals surface area contributed by atoms with E-state index in [1.54, 1.807) is 6.07 Å². The maximum atomic E-state index is 12.6. The zero-order valence-electron chi connectivity index (χ0n) is 12.0. The van der Waals surface area contributed by atoms with Crippen LogP contribution in [0, 0.1) is 0 Å². The van der Waals surface area contributed by atoms with Crippen LogP contribution in [0.2, 0.25) is 0 Å². The Morgan fingerprint density at radius 2 is 2.24 bits per heavy atom. The van der Waals surface area contributed by atoms with E-state index >= 15 is 0 Å². The molecule has 1 aromatic rings. The highest BCUT2D eigenvalue weighted by Gasteiger charge is 2.38.